The van der Waals surface area contributed by atoms with E-state index in [9.17, 15) is 4.79 Å². The minimum Gasteiger partial charge on any atom is -0.341 e. The van der Waals surface area contributed by atoms with Crippen LogP contribution in [0, 0.1) is 13.8 Å². The number of nitrogens with zero attached hydrogens (tertiary/aromatic N) is 4. The quantitative estimate of drug-likeness (QED) is 0.527. The van der Waals surface area contributed by atoms with Gasteiger partial charge in [0.15, 0.2) is 0 Å². The molecule has 3 heterocycles. The Balaban J connectivity index is 1.78. The highest BCUT2D eigenvalue weighted by Gasteiger charge is 2.35. The van der Waals surface area contributed by atoms with Crippen LogP contribution in [0.3, 0.4) is 0 Å². The third-order valence-electron chi connectivity index (χ3n) is 5.92. The van der Waals surface area contributed by atoms with Crippen molar-refractivity contribution in [3.8, 4) is 11.5 Å². The lowest BCUT2D eigenvalue weighted by Crippen LogP contribution is -2.40. The fraction of sp³-hybridized carbons (Fsp3) is 0.200. The van der Waals surface area contributed by atoms with Crippen LogP contribution in [-0.2, 0) is 6.54 Å². The van der Waals surface area contributed by atoms with Crippen LogP contribution in [0.15, 0.2) is 72.9 Å². The third kappa shape index (κ3) is 3.11. The van der Waals surface area contributed by atoms with E-state index in [2.05, 4.69) is 65.5 Å². The first kappa shape index (κ1) is 19.2. The lowest BCUT2D eigenvalue weighted by atomic mass is 10.00. The van der Waals surface area contributed by atoms with Crippen LogP contribution in [0.25, 0.3) is 11.5 Å². The number of amides is 2. The van der Waals surface area contributed by atoms with Crippen molar-refractivity contribution >= 4 is 6.03 Å². The Labute approximate surface area is 181 Å². The maximum Gasteiger partial charge on any atom is 0.318 e. The molecule has 5 rings (SSSR count). The van der Waals surface area contributed by atoms with Gasteiger partial charge in [-0.3, -0.25) is 0 Å². The average Bonchev–Trinajstić information content (AvgIpc) is 3.34. The second-order valence-electron chi connectivity index (χ2n) is 7.94. The number of benzene rings is 2. The highest BCUT2D eigenvalue weighted by molar-refractivity contribution is 5.75. The summed E-state index contributed by atoms with van der Waals surface area (Å²) in [6.45, 7) is 4.56. The zero-order chi connectivity index (χ0) is 21.5. The number of urea groups is 1. The van der Waals surface area contributed by atoms with Crippen LogP contribution in [0.1, 0.15) is 34.1 Å². The molecule has 0 aliphatic carbocycles. The summed E-state index contributed by atoms with van der Waals surface area (Å²) in [4.78, 5) is 15.0. The van der Waals surface area contributed by atoms with Crippen LogP contribution in [-0.4, -0.2) is 32.3 Å². The first-order chi connectivity index (χ1) is 15.1. The van der Waals surface area contributed by atoms with Crippen LogP contribution < -0.4 is 5.32 Å². The lowest BCUT2D eigenvalue weighted by Gasteiger charge is -2.30. The van der Waals surface area contributed by atoms with E-state index in [-0.39, 0.29) is 12.1 Å². The standard InChI is InChI=1S/C25H25N5O/c1-17-9-7-10-19(15-17)23-22-13-8-14-28(22)24-21(16-29(23)25(31)26-3)18(2)27-30(24)20-11-5-4-6-12-20/h4-15,23H,16H2,1-3H3,(H,26,31)/t23-/m0/s1. The van der Waals surface area contributed by atoms with Gasteiger partial charge < -0.3 is 14.8 Å². The predicted octanol–water partition coefficient (Wildman–Crippen LogP) is 4.52. The third-order valence-corrected chi connectivity index (χ3v) is 5.92. The van der Waals surface area contributed by atoms with Crippen LogP contribution >= 0.6 is 0 Å². The van der Waals surface area contributed by atoms with Gasteiger partial charge in [-0.15, -0.1) is 0 Å². The van der Waals surface area contributed by atoms with Gasteiger partial charge in [-0.05, 0) is 43.7 Å². The molecule has 1 aliphatic rings. The number of aryl methyl sites for hydroxylation is 2. The van der Waals surface area contributed by atoms with Crippen LogP contribution in [0.5, 0.6) is 0 Å². The van der Waals surface area contributed by atoms with Gasteiger partial charge in [-0.2, -0.15) is 5.10 Å². The van der Waals surface area contributed by atoms with Gasteiger partial charge in [0.05, 0.1) is 29.7 Å². The number of hydrogen-bond acceptors (Lipinski definition) is 2. The number of fused-ring (bicyclic) bond motifs is 3. The van der Waals surface area contributed by atoms with E-state index in [4.69, 9.17) is 5.10 Å². The molecule has 2 aromatic heterocycles. The molecule has 0 fully saturated rings. The Morgan fingerprint density at radius 1 is 1.03 bits per heavy atom. The predicted molar refractivity (Wildman–Crippen MR) is 121 cm³/mol. The van der Waals surface area contributed by atoms with E-state index in [1.165, 1.54) is 5.56 Å². The normalized spacial score (nSPS) is 15.2. The van der Waals surface area contributed by atoms with Crippen molar-refractivity contribution < 1.29 is 4.79 Å². The second-order valence-corrected chi connectivity index (χ2v) is 7.94. The summed E-state index contributed by atoms with van der Waals surface area (Å²) in [6, 6.07) is 22.3. The van der Waals surface area contributed by atoms with Crippen molar-refractivity contribution in [3.63, 3.8) is 0 Å². The maximum absolute atomic E-state index is 13.1. The molecule has 0 saturated heterocycles. The molecular weight excluding hydrogens is 386 g/mol. The highest BCUT2D eigenvalue weighted by atomic mass is 16.2. The first-order valence-corrected chi connectivity index (χ1v) is 10.4. The number of aromatic nitrogens is 3. The SMILES string of the molecule is CNC(=O)N1Cc2c(C)nn(-c3ccccc3)c2-n2cccc2[C@@H]1c1cccc(C)c1. The molecule has 0 spiro atoms. The molecule has 1 atom stereocenters. The van der Waals surface area contributed by atoms with E-state index in [0.717, 1.165) is 34.0 Å². The molecule has 6 nitrogen and oxygen atoms in total. The second kappa shape index (κ2) is 7.47. The van der Waals surface area contributed by atoms with Crippen molar-refractivity contribution in [1.82, 2.24) is 24.6 Å². The molecule has 31 heavy (non-hydrogen) atoms. The van der Waals surface area contributed by atoms with E-state index < -0.39 is 0 Å². The van der Waals surface area contributed by atoms with Gasteiger partial charge in [0, 0.05) is 18.8 Å². The molecule has 4 aromatic rings. The van der Waals surface area contributed by atoms with Crippen molar-refractivity contribution in [2.45, 2.75) is 26.4 Å². The minimum absolute atomic E-state index is 0.112. The molecule has 2 aromatic carbocycles. The Morgan fingerprint density at radius 2 is 1.84 bits per heavy atom. The van der Waals surface area contributed by atoms with E-state index >= 15 is 0 Å². The molecule has 1 N–H and O–H groups in total. The van der Waals surface area contributed by atoms with Gasteiger partial charge in [0.2, 0.25) is 0 Å². The summed E-state index contributed by atoms with van der Waals surface area (Å²) in [6.07, 6.45) is 2.06. The van der Waals surface area contributed by atoms with Gasteiger partial charge in [0.1, 0.15) is 5.82 Å². The zero-order valence-electron chi connectivity index (χ0n) is 17.9. The lowest BCUT2D eigenvalue weighted by molar-refractivity contribution is 0.182. The molecule has 2 amide bonds. The molecule has 156 valence electrons. The largest absolute Gasteiger partial charge is 0.341 e. The monoisotopic (exact) mass is 411 g/mol. The smallest absolute Gasteiger partial charge is 0.318 e. The fourth-order valence-corrected chi connectivity index (χ4v) is 4.48. The van der Waals surface area contributed by atoms with E-state index in [0.29, 0.717) is 6.54 Å². The van der Waals surface area contributed by atoms with Crippen LogP contribution in [0.4, 0.5) is 4.79 Å². The Bertz CT molecular complexity index is 1250. The highest BCUT2D eigenvalue weighted by Crippen LogP contribution is 2.38. The topological polar surface area (TPSA) is 55.1 Å². The van der Waals surface area contributed by atoms with Gasteiger partial charge in [-0.1, -0.05) is 48.0 Å². The van der Waals surface area contributed by atoms with Crippen molar-refractivity contribution in [2.24, 2.45) is 0 Å². The Morgan fingerprint density at radius 3 is 2.58 bits per heavy atom. The molecular formula is C25H25N5O. The van der Waals surface area contributed by atoms with Gasteiger partial charge in [0.25, 0.3) is 0 Å². The molecule has 1 aliphatic heterocycles. The summed E-state index contributed by atoms with van der Waals surface area (Å²) < 4.78 is 4.16. The van der Waals surface area contributed by atoms with Gasteiger partial charge in [-0.25, -0.2) is 9.48 Å². The summed E-state index contributed by atoms with van der Waals surface area (Å²) >= 11 is 0. The van der Waals surface area contributed by atoms with E-state index in [1.54, 1.807) is 7.05 Å². The number of carbonyl (C=O) groups excluding carboxylic acids is 1. The molecule has 0 unspecified atom stereocenters. The molecule has 6 heteroatoms. The van der Waals surface area contributed by atoms with Crippen molar-refractivity contribution in [1.29, 1.82) is 0 Å². The summed E-state index contributed by atoms with van der Waals surface area (Å²) in [5, 5.41) is 7.69. The average molecular weight is 412 g/mol. The Kier molecular flexibility index (Phi) is 4.62. The number of hydrogen-bond donors (Lipinski definition) is 1. The molecule has 0 saturated carbocycles. The zero-order valence-corrected chi connectivity index (χ0v) is 17.9. The number of para-hydroxylation sites is 1. The maximum atomic E-state index is 13.1. The van der Waals surface area contributed by atoms with Crippen molar-refractivity contribution in [3.05, 3.63) is 101 Å². The number of carbonyl (C=O) groups is 1. The van der Waals surface area contributed by atoms with Crippen LogP contribution in [0.2, 0.25) is 0 Å². The van der Waals surface area contributed by atoms with Gasteiger partial charge >= 0.3 is 6.03 Å². The molecule has 0 radical (unpaired) electrons. The number of rotatable bonds is 2. The molecule has 0 bridgehead atoms. The summed E-state index contributed by atoms with van der Waals surface area (Å²) in [5.74, 6) is 0.979. The summed E-state index contributed by atoms with van der Waals surface area (Å²) in [5.41, 5.74) is 6.24. The minimum atomic E-state index is -0.217. The summed E-state index contributed by atoms with van der Waals surface area (Å²) in [7, 11) is 1.68. The van der Waals surface area contributed by atoms with Crippen molar-refractivity contribution in [2.75, 3.05) is 7.05 Å². The Hall–Kier alpha value is -3.80. The first-order valence-electron chi connectivity index (χ1n) is 10.4. The number of nitrogens with one attached hydrogen (secondary N) is 1. The fourth-order valence-electron chi connectivity index (χ4n) is 4.48. The van der Waals surface area contributed by atoms with E-state index in [1.807, 2.05) is 40.8 Å².